The van der Waals surface area contributed by atoms with E-state index in [1.807, 2.05) is 12.4 Å². The molecular weight excluding hydrogens is 334 g/mol. The third-order valence-electron chi connectivity index (χ3n) is 4.96. The number of aromatic nitrogens is 2. The van der Waals surface area contributed by atoms with Crippen LogP contribution in [0.25, 0.3) is 11.1 Å². The molecule has 2 N–H and O–H groups in total. The number of hydrogen-bond acceptors (Lipinski definition) is 2. The summed E-state index contributed by atoms with van der Waals surface area (Å²) in [4.78, 5) is -0.409. The van der Waals surface area contributed by atoms with Gasteiger partial charge in [-0.05, 0) is 42.7 Å². The first-order chi connectivity index (χ1) is 11.7. The van der Waals surface area contributed by atoms with E-state index in [2.05, 4.69) is 58.0 Å². The molecule has 1 radical (unpaired) electrons. The third kappa shape index (κ3) is 3.14. The summed E-state index contributed by atoms with van der Waals surface area (Å²) in [6.45, 7) is 2.34. The number of halogens is 1. The minimum atomic E-state index is -0.409. The molecule has 2 aliphatic rings. The van der Waals surface area contributed by atoms with Crippen molar-refractivity contribution < 1.29 is 0 Å². The maximum Gasteiger partial charge on any atom is 0.0912 e. The van der Waals surface area contributed by atoms with Gasteiger partial charge in [-0.1, -0.05) is 47.7 Å². The van der Waals surface area contributed by atoms with Gasteiger partial charge in [-0.2, -0.15) is 5.10 Å². The summed E-state index contributed by atoms with van der Waals surface area (Å²) in [5.74, 6) is 0. The number of hydrogen-bond donors (Lipinski definition) is 2. The van der Waals surface area contributed by atoms with Crippen LogP contribution in [0.1, 0.15) is 12.0 Å². The highest BCUT2D eigenvalue weighted by Crippen LogP contribution is 2.39. The van der Waals surface area contributed by atoms with E-state index in [0.29, 0.717) is 0 Å². The molecule has 1 aromatic carbocycles. The lowest BCUT2D eigenvalue weighted by Crippen LogP contribution is -2.34. The second-order valence-corrected chi connectivity index (χ2v) is 9.94. The summed E-state index contributed by atoms with van der Waals surface area (Å²) in [5, 5.41) is 11.9. The van der Waals surface area contributed by atoms with E-state index in [0.717, 1.165) is 23.1 Å². The number of nitrogens with zero attached hydrogens (tertiary/aromatic N) is 1. The Morgan fingerprint density at radius 2 is 1.88 bits per heavy atom. The quantitative estimate of drug-likeness (QED) is 0.645. The van der Waals surface area contributed by atoms with E-state index in [9.17, 15) is 0 Å². The molecule has 4 rings (SSSR count). The van der Waals surface area contributed by atoms with Crippen LogP contribution >= 0.6 is 11.6 Å². The van der Waals surface area contributed by atoms with Crippen molar-refractivity contribution in [3.8, 4) is 11.1 Å². The summed E-state index contributed by atoms with van der Waals surface area (Å²) in [6, 6.07) is 11.2. The van der Waals surface area contributed by atoms with Crippen molar-refractivity contribution >= 4 is 20.4 Å². The molecule has 0 bridgehead atoms. The van der Waals surface area contributed by atoms with Crippen molar-refractivity contribution in [2.75, 3.05) is 13.1 Å². The highest BCUT2D eigenvalue weighted by molar-refractivity contribution is 6.68. The molecule has 1 aliphatic carbocycles. The Morgan fingerprint density at radius 1 is 1.08 bits per heavy atom. The van der Waals surface area contributed by atoms with Crippen molar-refractivity contribution in [1.82, 2.24) is 15.5 Å². The number of nitrogens with one attached hydrogen (secondary N) is 2. The highest BCUT2D eigenvalue weighted by atomic mass is 35.5. The van der Waals surface area contributed by atoms with Crippen LogP contribution in [-0.2, 0) is 4.87 Å². The summed E-state index contributed by atoms with van der Waals surface area (Å²) in [6.07, 6.45) is 11.5. The predicted molar refractivity (Wildman–Crippen MR) is 102 cm³/mol. The van der Waals surface area contributed by atoms with Crippen LogP contribution < -0.4 is 5.32 Å². The minimum Gasteiger partial charge on any atom is -0.317 e. The van der Waals surface area contributed by atoms with Gasteiger partial charge in [0.05, 0.1) is 19.9 Å². The lowest BCUT2D eigenvalue weighted by Gasteiger charge is -2.29. The Hall–Kier alpha value is -1.62. The van der Waals surface area contributed by atoms with Crippen LogP contribution in [0, 0.1) is 0 Å². The van der Waals surface area contributed by atoms with Gasteiger partial charge in [0.25, 0.3) is 0 Å². The summed E-state index contributed by atoms with van der Waals surface area (Å²) in [7, 11) is -0.373. The first-order valence-corrected chi connectivity index (χ1v) is 10.8. The second-order valence-electron chi connectivity index (χ2n) is 6.48. The SMILES string of the molecule is ClC1(c2ccc(-c3cn[nH]c3)cc2)C=CC([Si]2CCNCC2)=CC1. The number of alkyl halides is 1. The normalized spacial score (nSPS) is 24.8. The molecule has 24 heavy (non-hydrogen) atoms. The average molecular weight is 355 g/mol. The van der Waals surface area contributed by atoms with E-state index < -0.39 is 4.87 Å². The minimum absolute atomic E-state index is 0.373. The fourth-order valence-corrected chi connectivity index (χ4v) is 6.22. The zero-order valence-corrected chi connectivity index (χ0v) is 15.3. The molecule has 5 heteroatoms. The van der Waals surface area contributed by atoms with Crippen molar-refractivity contribution in [2.24, 2.45) is 0 Å². The molecule has 1 saturated heterocycles. The van der Waals surface area contributed by atoms with E-state index in [1.165, 1.54) is 25.2 Å². The Balaban J connectivity index is 1.50. The number of aromatic amines is 1. The molecule has 0 spiro atoms. The van der Waals surface area contributed by atoms with E-state index >= 15 is 0 Å². The van der Waals surface area contributed by atoms with Gasteiger partial charge in [0, 0.05) is 11.8 Å². The van der Waals surface area contributed by atoms with Crippen LogP contribution in [0.5, 0.6) is 0 Å². The number of H-pyrrole nitrogens is 1. The van der Waals surface area contributed by atoms with Gasteiger partial charge < -0.3 is 5.32 Å². The monoisotopic (exact) mass is 354 g/mol. The molecule has 0 saturated carbocycles. The number of allylic oxidation sites excluding steroid dienone is 4. The van der Waals surface area contributed by atoms with Gasteiger partial charge >= 0.3 is 0 Å². The van der Waals surface area contributed by atoms with E-state index in [1.54, 1.807) is 5.20 Å². The molecule has 3 nitrogen and oxygen atoms in total. The van der Waals surface area contributed by atoms with Gasteiger partial charge in [-0.25, -0.2) is 0 Å². The van der Waals surface area contributed by atoms with Crippen LogP contribution in [0.3, 0.4) is 0 Å². The first-order valence-electron chi connectivity index (χ1n) is 8.48. The maximum absolute atomic E-state index is 6.93. The predicted octanol–water partition coefficient (Wildman–Crippen LogP) is 4.03. The van der Waals surface area contributed by atoms with Gasteiger partial charge in [0.1, 0.15) is 0 Å². The molecule has 2 aromatic rings. The average Bonchev–Trinajstić information content (AvgIpc) is 3.18. The van der Waals surface area contributed by atoms with Crippen LogP contribution in [0.15, 0.2) is 60.1 Å². The van der Waals surface area contributed by atoms with Crippen molar-refractivity contribution in [3.05, 3.63) is 65.6 Å². The lowest BCUT2D eigenvalue weighted by molar-refractivity contribution is 0.720. The second kappa shape index (κ2) is 6.71. The standard InChI is InChI=1S/C19H21ClN3Si/c20-19(7-5-18(6-8-19)24-11-9-21-10-12-24)17-3-1-15(2-4-17)16-13-22-23-14-16/h1-7,13-14,21H,8-12H2,(H,22,23). The molecule has 1 aliphatic heterocycles. The van der Waals surface area contributed by atoms with Gasteiger partial charge in [0.2, 0.25) is 0 Å². The summed E-state index contributed by atoms with van der Waals surface area (Å²) >= 11 is 6.93. The van der Waals surface area contributed by atoms with Crippen LogP contribution in [0.4, 0.5) is 0 Å². The highest BCUT2D eigenvalue weighted by Gasteiger charge is 2.30. The molecular formula is C19H21ClN3Si. The largest absolute Gasteiger partial charge is 0.317 e. The lowest BCUT2D eigenvalue weighted by atomic mass is 9.90. The Morgan fingerprint density at radius 3 is 2.50 bits per heavy atom. The number of rotatable bonds is 3. The fraction of sp³-hybridized carbons (Fsp3) is 0.316. The third-order valence-corrected chi connectivity index (χ3v) is 8.35. The first kappa shape index (κ1) is 15.9. The summed E-state index contributed by atoms with van der Waals surface area (Å²) < 4.78 is 0. The van der Waals surface area contributed by atoms with Gasteiger partial charge in [0.15, 0.2) is 0 Å². The fourth-order valence-electron chi connectivity index (χ4n) is 3.46. The van der Waals surface area contributed by atoms with Crippen LogP contribution in [0.2, 0.25) is 12.1 Å². The molecule has 1 unspecified atom stereocenters. The molecule has 1 fully saturated rings. The smallest absolute Gasteiger partial charge is 0.0912 e. The molecule has 0 amide bonds. The Kier molecular flexibility index (Phi) is 4.44. The molecule has 123 valence electrons. The Bertz CT molecular complexity index is 745. The van der Waals surface area contributed by atoms with E-state index in [-0.39, 0.29) is 8.80 Å². The molecule has 1 aromatic heterocycles. The topological polar surface area (TPSA) is 40.7 Å². The zero-order chi connectivity index (χ0) is 16.4. The van der Waals surface area contributed by atoms with Crippen molar-refractivity contribution in [3.63, 3.8) is 0 Å². The van der Waals surface area contributed by atoms with Gasteiger partial charge in [-0.15, -0.1) is 11.6 Å². The molecule has 2 heterocycles. The van der Waals surface area contributed by atoms with Gasteiger partial charge in [-0.3, -0.25) is 5.10 Å². The van der Waals surface area contributed by atoms with Crippen molar-refractivity contribution in [2.45, 2.75) is 23.4 Å². The summed E-state index contributed by atoms with van der Waals surface area (Å²) in [5.41, 5.74) is 3.41. The number of benzene rings is 1. The molecule has 1 atom stereocenters. The van der Waals surface area contributed by atoms with Crippen molar-refractivity contribution in [1.29, 1.82) is 0 Å². The van der Waals surface area contributed by atoms with E-state index in [4.69, 9.17) is 11.6 Å². The maximum atomic E-state index is 6.93. The van der Waals surface area contributed by atoms with Crippen LogP contribution in [-0.4, -0.2) is 32.1 Å². The zero-order valence-electron chi connectivity index (χ0n) is 13.6. The Labute approximate surface area is 149 Å².